The van der Waals surface area contributed by atoms with Crippen LogP contribution in [0.4, 0.5) is 0 Å². The molecule has 0 spiro atoms. The van der Waals surface area contributed by atoms with E-state index in [1.807, 2.05) is 25.1 Å². The van der Waals surface area contributed by atoms with Crippen LogP contribution in [0.15, 0.2) is 42.5 Å². The topological polar surface area (TPSA) is 37.3 Å². The number of hydrogen-bond donors (Lipinski definition) is 1. The minimum Gasteiger partial charge on any atom is -0.478 e. The van der Waals surface area contributed by atoms with E-state index in [-0.39, 0.29) is 0 Å². The molecule has 0 aliphatic carbocycles. The van der Waals surface area contributed by atoms with E-state index >= 15 is 0 Å². The van der Waals surface area contributed by atoms with E-state index in [1.54, 1.807) is 12.1 Å². The molecular weight excluding hydrogens is 236 g/mol. The number of benzene rings is 2. The lowest BCUT2D eigenvalue weighted by molar-refractivity contribution is 0.0697. The molecule has 0 unspecified atom stereocenters. The largest absolute Gasteiger partial charge is 0.478 e. The summed E-state index contributed by atoms with van der Waals surface area (Å²) < 4.78 is 0. The van der Waals surface area contributed by atoms with Crippen molar-refractivity contribution in [2.75, 3.05) is 0 Å². The zero-order valence-electron chi connectivity index (χ0n) is 11.5. The van der Waals surface area contributed by atoms with E-state index in [0.717, 1.165) is 16.7 Å². The maximum Gasteiger partial charge on any atom is 0.335 e. The van der Waals surface area contributed by atoms with Crippen molar-refractivity contribution >= 4 is 5.97 Å². The smallest absolute Gasteiger partial charge is 0.335 e. The molecule has 0 saturated carbocycles. The molecule has 2 heteroatoms. The Balaban J connectivity index is 2.62. The highest BCUT2D eigenvalue weighted by Gasteiger charge is 2.11. The van der Waals surface area contributed by atoms with Gasteiger partial charge in [0.2, 0.25) is 0 Å². The SMILES string of the molecule is Cc1cc(C(=O)O)cc(-c2ccccc2C(C)C)c1. The van der Waals surface area contributed by atoms with Crippen LogP contribution in [0.2, 0.25) is 0 Å². The Hall–Kier alpha value is -2.09. The number of carboxylic acids is 1. The van der Waals surface area contributed by atoms with Crippen LogP contribution in [0.1, 0.15) is 41.3 Å². The van der Waals surface area contributed by atoms with Gasteiger partial charge < -0.3 is 5.11 Å². The van der Waals surface area contributed by atoms with Crippen LogP contribution in [0.5, 0.6) is 0 Å². The van der Waals surface area contributed by atoms with Crippen molar-refractivity contribution in [3.05, 3.63) is 59.2 Å². The Labute approximate surface area is 113 Å². The molecule has 98 valence electrons. The van der Waals surface area contributed by atoms with Gasteiger partial charge >= 0.3 is 5.97 Å². The van der Waals surface area contributed by atoms with Crippen molar-refractivity contribution in [2.45, 2.75) is 26.7 Å². The van der Waals surface area contributed by atoms with Crippen LogP contribution in [0.3, 0.4) is 0 Å². The lowest BCUT2D eigenvalue weighted by Gasteiger charge is -2.14. The van der Waals surface area contributed by atoms with Crippen molar-refractivity contribution < 1.29 is 9.90 Å². The quantitative estimate of drug-likeness (QED) is 0.876. The molecule has 0 radical (unpaired) electrons. The standard InChI is InChI=1S/C17H18O2/c1-11(2)15-6-4-5-7-16(15)13-8-12(3)9-14(10-13)17(18)19/h4-11H,1-3H3,(H,18,19). The molecule has 2 aromatic rings. The average Bonchev–Trinajstić information content (AvgIpc) is 2.37. The van der Waals surface area contributed by atoms with E-state index < -0.39 is 5.97 Å². The summed E-state index contributed by atoms with van der Waals surface area (Å²) in [6.45, 7) is 6.22. The van der Waals surface area contributed by atoms with Crippen molar-refractivity contribution in [1.82, 2.24) is 0 Å². The van der Waals surface area contributed by atoms with Gasteiger partial charge in [-0.2, -0.15) is 0 Å². The Bertz CT molecular complexity index is 612. The summed E-state index contributed by atoms with van der Waals surface area (Å²) in [4.78, 5) is 11.2. The summed E-state index contributed by atoms with van der Waals surface area (Å²) in [5, 5.41) is 9.16. The fourth-order valence-corrected chi connectivity index (χ4v) is 2.33. The minimum absolute atomic E-state index is 0.341. The van der Waals surface area contributed by atoms with Gasteiger partial charge in [-0.3, -0.25) is 0 Å². The third-order valence-corrected chi connectivity index (χ3v) is 3.22. The van der Waals surface area contributed by atoms with Crippen LogP contribution < -0.4 is 0 Å². The van der Waals surface area contributed by atoms with E-state index in [9.17, 15) is 4.79 Å². The van der Waals surface area contributed by atoms with E-state index in [2.05, 4.69) is 26.0 Å². The molecule has 0 amide bonds. The van der Waals surface area contributed by atoms with Gasteiger partial charge in [0, 0.05) is 0 Å². The van der Waals surface area contributed by atoms with Crippen LogP contribution in [0, 0.1) is 6.92 Å². The van der Waals surface area contributed by atoms with Gasteiger partial charge in [0.15, 0.2) is 0 Å². The zero-order chi connectivity index (χ0) is 14.0. The molecule has 0 heterocycles. The predicted molar refractivity (Wildman–Crippen MR) is 77.7 cm³/mol. The highest BCUT2D eigenvalue weighted by molar-refractivity contribution is 5.90. The molecule has 0 aliphatic rings. The molecule has 2 aromatic carbocycles. The Kier molecular flexibility index (Phi) is 3.70. The molecule has 2 nitrogen and oxygen atoms in total. The summed E-state index contributed by atoms with van der Waals surface area (Å²) in [5.74, 6) is -0.475. The van der Waals surface area contributed by atoms with Crippen LogP contribution in [0.25, 0.3) is 11.1 Å². The number of carbonyl (C=O) groups is 1. The zero-order valence-corrected chi connectivity index (χ0v) is 11.5. The van der Waals surface area contributed by atoms with Gasteiger partial charge in [0.05, 0.1) is 5.56 Å². The number of hydrogen-bond acceptors (Lipinski definition) is 1. The van der Waals surface area contributed by atoms with Gasteiger partial charge in [-0.05, 0) is 47.2 Å². The summed E-state index contributed by atoms with van der Waals surface area (Å²) in [6.07, 6.45) is 0. The lowest BCUT2D eigenvalue weighted by atomic mass is 9.91. The molecule has 19 heavy (non-hydrogen) atoms. The number of rotatable bonds is 3. The van der Waals surface area contributed by atoms with Crippen molar-refractivity contribution in [1.29, 1.82) is 0 Å². The van der Waals surface area contributed by atoms with Gasteiger partial charge in [0.25, 0.3) is 0 Å². The monoisotopic (exact) mass is 254 g/mol. The van der Waals surface area contributed by atoms with Crippen LogP contribution >= 0.6 is 0 Å². The maximum absolute atomic E-state index is 11.2. The van der Waals surface area contributed by atoms with Crippen molar-refractivity contribution in [3.63, 3.8) is 0 Å². The molecule has 0 fully saturated rings. The fraction of sp³-hybridized carbons (Fsp3) is 0.235. The molecular formula is C17H18O2. The summed E-state index contributed by atoms with van der Waals surface area (Å²) in [6, 6.07) is 13.6. The Morgan fingerprint density at radius 3 is 2.42 bits per heavy atom. The second-order valence-electron chi connectivity index (χ2n) is 5.13. The van der Waals surface area contributed by atoms with Crippen molar-refractivity contribution in [2.24, 2.45) is 0 Å². The summed E-state index contributed by atoms with van der Waals surface area (Å²) in [5.41, 5.74) is 4.64. The minimum atomic E-state index is -0.882. The van der Waals surface area contributed by atoms with Crippen LogP contribution in [-0.4, -0.2) is 11.1 Å². The normalized spacial score (nSPS) is 10.7. The van der Waals surface area contributed by atoms with E-state index in [4.69, 9.17) is 5.11 Å². The molecule has 0 aromatic heterocycles. The average molecular weight is 254 g/mol. The highest BCUT2D eigenvalue weighted by Crippen LogP contribution is 2.30. The van der Waals surface area contributed by atoms with E-state index in [1.165, 1.54) is 5.56 Å². The first-order chi connectivity index (χ1) is 8.99. The number of aryl methyl sites for hydroxylation is 1. The molecule has 0 bridgehead atoms. The first-order valence-corrected chi connectivity index (χ1v) is 6.43. The molecule has 0 atom stereocenters. The first-order valence-electron chi connectivity index (χ1n) is 6.43. The lowest BCUT2D eigenvalue weighted by Crippen LogP contribution is -1.98. The Morgan fingerprint density at radius 1 is 1.11 bits per heavy atom. The number of aromatic carboxylic acids is 1. The second-order valence-corrected chi connectivity index (χ2v) is 5.13. The fourth-order valence-electron chi connectivity index (χ4n) is 2.33. The van der Waals surface area contributed by atoms with Crippen molar-refractivity contribution in [3.8, 4) is 11.1 Å². The third-order valence-electron chi connectivity index (χ3n) is 3.22. The first kappa shape index (κ1) is 13.3. The van der Waals surface area contributed by atoms with E-state index in [0.29, 0.717) is 11.5 Å². The van der Waals surface area contributed by atoms with Gasteiger partial charge in [-0.15, -0.1) is 0 Å². The molecule has 1 N–H and O–H groups in total. The van der Waals surface area contributed by atoms with Gasteiger partial charge in [0.1, 0.15) is 0 Å². The third kappa shape index (κ3) is 2.84. The highest BCUT2D eigenvalue weighted by atomic mass is 16.4. The maximum atomic E-state index is 11.2. The number of carboxylic acid groups (broad SMARTS) is 1. The summed E-state index contributed by atoms with van der Waals surface area (Å²) >= 11 is 0. The second kappa shape index (κ2) is 5.27. The predicted octanol–water partition coefficient (Wildman–Crippen LogP) is 4.48. The molecule has 2 rings (SSSR count). The van der Waals surface area contributed by atoms with Crippen LogP contribution in [-0.2, 0) is 0 Å². The molecule has 0 aliphatic heterocycles. The van der Waals surface area contributed by atoms with Gasteiger partial charge in [-0.25, -0.2) is 4.79 Å². The summed E-state index contributed by atoms with van der Waals surface area (Å²) in [7, 11) is 0. The van der Waals surface area contributed by atoms with Gasteiger partial charge in [-0.1, -0.05) is 44.2 Å². The molecule has 0 saturated heterocycles. The Morgan fingerprint density at radius 2 is 1.79 bits per heavy atom.